The van der Waals surface area contributed by atoms with E-state index in [0.29, 0.717) is 33.9 Å². The average molecular weight is 526 g/mol. The lowest BCUT2D eigenvalue weighted by molar-refractivity contribution is 0.380. The van der Waals surface area contributed by atoms with Crippen molar-refractivity contribution >= 4 is 28.3 Å². The Bertz CT molecular complexity index is 1250. The first kappa shape index (κ1) is 26.1. The van der Waals surface area contributed by atoms with Gasteiger partial charge in [-0.15, -0.1) is 0 Å². The number of hydrogen-bond donors (Lipinski definition) is 1. The Morgan fingerprint density at radius 2 is 1.76 bits per heavy atom. The number of anilines is 1. The van der Waals surface area contributed by atoms with Crippen LogP contribution >= 0.6 is 11.6 Å². The van der Waals surface area contributed by atoms with E-state index in [1.807, 2.05) is 30.3 Å². The van der Waals surface area contributed by atoms with E-state index >= 15 is 4.39 Å². The van der Waals surface area contributed by atoms with Gasteiger partial charge in [0, 0.05) is 36.1 Å². The van der Waals surface area contributed by atoms with E-state index in [0.717, 1.165) is 37.1 Å². The molecule has 1 N–H and O–H groups in total. The second-order valence-electron chi connectivity index (χ2n) is 10.8. The fourth-order valence-corrected chi connectivity index (χ4v) is 6.11. The third kappa shape index (κ3) is 5.40. The number of benzene rings is 2. The Labute approximate surface area is 224 Å². The number of rotatable bonds is 4. The molecule has 3 aliphatic heterocycles. The van der Waals surface area contributed by atoms with Crippen LogP contribution < -0.4 is 15.0 Å². The molecule has 0 saturated carbocycles. The van der Waals surface area contributed by atoms with Gasteiger partial charge in [0.25, 0.3) is 0 Å². The molecule has 8 heteroatoms. The number of piperazine rings is 1. The molecule has 3 aromatic rings. The summed E-state index contributed by atoms with van der Waals surface area (Å²) in [5.41, 5.74) is 2.46. The van der Waals surface area contributed by atoms with Crippen molar-refractivity contribution in [1.82, 2.24) is 20.2 Å². The maximum Gasteiger partial charge on any atom is 0.318 e. The van der Waals surface area contributed by atoms with Crippen molar-refractivity contribution in [1.29, 1.82) is 0 Å². The summed E-state index contributed by atoms with van der Waals surface area (Å²) in [7, 11) is 3.68. The number of aromatic nitrogens is 2. The molecule has 3 aliphatic rings. The largest absolute Gasteiger partial charge is 0.467 e. The maximum atomic E-state index is 16.0. The van der Waals surface area contributed by atoms with Gasteiger partial charge in [-0.05, 0) is 68.9 Å². The molecule has 4 heterocycles. The molecule has 0 radical (unpaired) electrons. The monoisotopic (exact) mass is 525 g/mol. The SMILES string of the molecule is CN1CCCC1.COc1nc(N2CC3CCC(C2)N3)c2cc(Cl)c(-c3ccccc3C(C)C)c(F)c2n1. The van der Waals surface area contributed by atoms with Gasteiger partial charge in [0.05, 0.1) is 12.1 Å². The van der Waals surface area contributed by atoms with Crippen molar-refractivity contribution in [2.45, 2.75) is 57.5 Å². The van der Waals surface area contributed by atoms with Crippen molar-refractivity contribution in [3.05, 3.63) is 46.7 Å². The van der Waals surface area contributed by atoms with E-state index in [1.54, 1.807) is 0 Å². The number of nitrogens with zero attached hydrogens (tertiary/aromatic N) is 4. The fourth-order valence-electron chi connectivity index (χ4n) is 5.81. The van der Waals surface area contributed by atoms with E-state index in [4.69, 9.17) is 16.3 Å². The molecule has 2 unspecified atom stereocenters. The van der Waals surface area contributed by atoms with Crippen LogP contribution in [0.3, 0.4) is 0 Å². The highest BCUT2D eigenvalue weighted by molar-refractivity contribution is 6.34. The summed E-state index contributed by atoms with van der Waals surface area (Å²) in [6.45, 7) is 8.47. The highest BCUT2D eigenvalue weighted by Crippen LogP contribution is 2.41. The lowest BCUT2D eigenvalue weighted by atomic mass is 9.91. The van der Waals surface area contributed by atoms with Gasteiger partial charge >= 0.3 is 6.01 Å². The van der Waals surface area contributed by atoms with Crippen LogP contribution in [-0.2, 0) is 0 Å². The standard InChI is InChI=1S/C24H26ClFN4O.C5H11N/c1-13(2)16-6-4-5-7-17(16)20-19(25)10-18-22(21(20)26)28-24(31-3)29-23(18)30-11-14-8-9-15(12-30)27-14;1-6-4-2-3-5-6/h4-7,10,13-15,27H,8-9,11-12H2,1-3H3;2-5H2,1H3. The van der Waals surface area contributed by atoms with Gasteiger partial charge in [0.1, 0.15) is 11.3 Å². The predicted molar refractivity (Wildman–Crippen MR) is 149 cm³/mol. The minimum absolute atomic E-state index is 0.165. The highest BCUT2D eigenvalue weighted by Gasteiger charge is 2.34. The van der Waals surface area contributed by atoms with Crippen molar-refractivity contribution in [2.75, 3.05) is 45.2 Å². The Kier molecular flexibility index (Phi) is 7.84. The van der Waals surface area contributed by atoms with Gasteiger partial charge < -0.3 is 19.9 Å². The Morgan fingerprint density at radius 1 is 1.08 bits per heavy atom. The number of ether oxygens (including phenoxy) is 1. The first-order valence-corrected chi connectivity index (χ1v) is 13.8. The first-order valence-electron chi connectivity index (χ1n) is 13.4. The molecule has 2 atom stereocenters. The number of fused-ring (bicyclic) bond motifs is 3. The molecule has 0 aliphatic carbocycles. The number of halogens is 2. The summed E-state index contributed by atoms with van der Waals surface area (Å²) in [6.07, 6.45) is 5.12. The van der Waals surface area contributed by atoms with Crippen molar-refractivity contribution in [2.24, 2.45) is 0 Å². The summed E-state index contributed by atoms with van der Waals surface area (Å²) in [5, 5.41) is 4.61. The lowest BCUT2D eigenvalue weighted by Gasteiger charge is -2.34. The molecule has 3 saturated heterocycles. The average Bonchev–Trinajstić information content (AvgIpc) is 3.51. The minimum atomic E-state index is -0.435. The van der Waals surface area contributed by atoms with Gasteiger partial charge in [-0.3, -0.25) is 0 Å². The van der Waals surface area contributed by atoms with Crippen molar-refractivity contribution in [3.63, 3.8) is 0 Å². The molecule has 1 aromatic heterocycles. The maximum absolute atomic E-state index is 16.0. The van der Waals surface area contributed by atoms with E-state index in [2.05, 4.69) is 46.0 Å². The van der Waals surface area contributed by atoms with Gasteiger partial charge in [-0.1, -0.05) is 49.7 Å². The number of likely N-dealkylation sites (tertiary alicyclic amines) is 1. The Balaban J connectivity index is 0.000000412. The summed E-state index contributed by atoms with van der Waals surface area (Å²) in [5.74, 6) is 0.481. The Hall–Kier alpha value is -2.48. The van der Waals surface area contributed by atoms with Crippen molar-refractivity contribution < 1.29 is 9.13 Å². The van der Waals surface area contributed by atoms with Gasteiger partial charge in [-0.2, -0.15) is 9.97 Å². The minimum Gasteiger partial charge on any atom is -0.467 e. The molecular weight excluding hydrogens is 489 g/mol. The normalized spacial score (nSPS) is 21.4. The van der Waals surface area contributed by atoms with Gasteiger partial charge in [-0.25, -0.2) is 4.39 Å². The number of methoxy groups -OCH3 is 1. The molecule has 0 spiro atoms. The van der Waals surface area contributed by atoms with Crippen LogP contribution in [-0.4, -0.2) is 67.3 Å². The second kappa shape index (κ2) is 11.1. The summed E-state index contributed by atoms with van der Waals surface area (Å²) in [4.78, 5) is 13.6. The van der Waals surface area contributed by atoms with E-state index in [1.165, 1.54) is 33.0 Å². The lowest BCUT2D eigenvalue weighted by Crippen LogP contribution is -2.51. The molecule has 198 valence electrons. The van der Waals surface area contributed by atoms with Crippen LogP contribution in [0, 0.1) is 5.82 Å². The molecule has 6 nitrogen and oxygen atoms in total. The van der Waals surface area contributed by atoms with Crippen LogP contribution in [0.2, 0.25) is 5.02 Å². The summed E-state index contributed by atoms with van der Waals surface area (Å²) >= 11 is 6.72. The summed E-state index contributed by atoms with van der Waals surface area (Å²) < 4.78 is 21.4. The summed E-state index contributed by atoms with van der Waals surface area (Å²) in [6, 6.07) is 10.6. The van der Waals surface area contributed by atoms with Gasteiger partial charge in [0.2, 0.25) is 0 Å². The topological polar surface area (TPSA) is 53.5 Å². The Morgan fingerprint density at radius 3 is 2.35 bits per heavy atom. The molecule has 2 aromatic carbocycles. The smallest absolute Gasteiger partial charge is 0.318 e. The van der Waals surface area contributed by atoms with E-state index < -0.39 is 5.82 Å². The highest BCUT2D eigenvalue weighted by atomic mass is 35.5. The fraction of sp³-hybridized carbons (Fsp3) is 0.517. The third-order valence-corrected chi connectivity index (χ3v) is 8.02. The zero-order chi connectivity index (χ0) is 26.1. The van der Waals surface area contributed by atoms with E-state index in [-0.39, 0.29) is 17.4 Å². The van der Waals surface area contributed by atoms with Crippen LogP contribution in [0.15, 0.2) is 30.3 Å². The third-order valence-electron chi connectivity index (χ3n) is 7.72. The van der Waals surface area contributed by atoms with Crippen LogP contribution in [0.4, 0.5) is 10.2 Å². The van der Waals surface area contributed by atoms with Crippen LogP contribution in [0.5, 0.6) is 6.01 Å². The quantitative estimate of drug-likeness (QED) is 0.459. The van der Waals surface area contributed by atoms with Crippen molar-refractivity contribution in [3.8, 4) is 17.1 Å². The van der Waals surface area contributed by atoms with Gasteiger partial charge in [0.15, 0.2) is 5.82 Å². The molecule has 37 heavy (non-hydrogen) atoms. The van der Waals surface area contributed by atoms with E-state index in [9.17, 15) is 0 Å². The van der Waals surface area contributed by atoms with Crippen LogP contribution in [0.1, 0.15) is 51.0 Å². The molecule has 6 rings (SSSR count). The molecule has 3 fully saturated rings. The molecule has 0 amide bonds. The first-order chi connectivity index (χ1) is 17.9. The number of hydrogen-bond acceptors (Lipinski definition) is 6. The zero-order valence-electron chi connectivity index (χ0n) is 22.2. The predicted octanol–water partition coefficient (Wildman–Crippen LogP) is 5.87. The molecule has 2 bridgehead atoms. The molecular formula is C29H37ClFN5O. The zero-order valence-corrected chi connectivity index (χ0v) is 23.0. The second-order valence-corrected chi connectivity index (χ2v) is 11.2. The number of nitrogens with one attached hydrogen (secondary N) is 1. The van der Waals surface area contributed by atoms with Crippen LogP contribution in [0.25, 0.3) is 22.0 Å².